The van der Waals surface area contributed by atoms with Crippen molar-refractivity contribution in [2.45, 2.75) is 4.43 Å². The minimum Gasteiger partial charge on any atom is -0.300 e. The molecule has 0 saturated carbocycles. The standard InChI is InChI=1S/C17H11FIN3/c18-14-2-1-12-9-21-17(7-13(12)5-14)22-4-3-11-6-15(8-19)20-10-16(11)22/h1-7,9-10H,8H2. The molecule has 3 heterocycles. The Morgan fingerprint density at radius 3 is 2.73 bits per heavy atom. The van der Waals surface area contributed by atoms with E-state index in [0.717, 1.165) is 37.6 Å². The second-order valence-electron chi connectivity index (χ2n) is 5.09. The van der Waals surface area contributed by atoms with Crippen molar-refractivity contribution in [2.75, 3.05) is 0 Å². The molecule has 0 atom stereocenters. The molecule has 0 spiro atoms. The van der Waals surface area contributed by atoms with Crippen LogP contribution in [0.1, 0.15) is 5.69 Å². The van der Waals surface area contributed by atoms with Gasteiger partial charge in [-0.15, -0.1) is 0 Å². The number of rotatable bonds is 2. The van der Waals surface area contributed by atoms with Crippen LogP contribution in [-0.2, 0) is 4.43 Å². The summed E-state index contributed by atoms with van der Waals surface area (Å²) in [5.41, 5.74) is 2.05. The highest BCUT2D eigenvalue weighted by molar-refractivity contribution is 14.1. The van der Waals surface area contributed by atoms with E-state index in [0.29, 0.717) is 0 Å². The van der Waals surface area contributed by atoms with E-state index in [2.05, 4.69) is 38.6 Å². The minimum absolute atomic E-state index is 0.240. The Morgan fingerprint density at radius 2 is 1.86 bits per heavy atom. The average Bonchev–Trinajstić information content (AvgIpc) is 2.97. The number of halogens is 2. The first-order valence-electron chi connectivity index (χ1n) is 6.82. The van der Waals surface area contributed by atoms with Crippen molar-refractivity contribution in [1.82, 2.24) is 14.5 Å². The highest BCUT2D eigenvalue weighted by Gasteiger charge is 2.07. The lowest BCUT2D eigenvalue weighted by Crippen LogP contribution is -1.96. The first kappa shape index (κ1) is 13.6. The maximum absolute atomic E-state index is 13.4. The third kappa shape index (κ3) is 2.25. The van der Waals surface area contributed by atoms with Gasteiger partial charge in [0, 0.05) is 27.6 Å². The highest BCUT2D eigenvalue weighted by atomic mass is 127. The third-order valence-corrected chi connectivity index (χ3v) is 4.47. The smallest absolute Gasteiger partial charge is 0.137 e. The maximum atomic E-state index is 13.4. The predicted molar refractivity (Wildman–Crippen MR) is 94.1 cm³/mol. The van der Waals surface area contributed by atoms with Crippen molar-refractivity contribution >= 4 is 44.3 Å². The van der Waals surface area contributed by atoms with Crippen LogP contribution in [0.25, 0.3) is 27.5 Å². The number of hydrogen-bond donors (Lipinski definition) is 0. The number of hydrogen-bond acceptors (Lipinski definition) is 2. The van der Waals surface area contributed by atoms with E-state index in [1.807, 2.05) is 29.1 Å². The Morgan fingerprint density at radius 1 is 0.955 bits per heavy atom. The van der Waals surface area contributed by atoms with Gasteiger partial charge in [0.2, 0.25) is 0 Å². The van der Waals surface area contributed by atoms with Crippen molar-refractivity contribution in [1.29, 1.82) is 0 Å². The quantitative estimate of drug-likeness (QED) is 0.361. The van der Waals surface area contributed by atoms with Crippen molar-refractivity contribution < 1.29 is 4.39 Å². The largest absolute Gasteiger partial charge is 0.300 e. The summed E-state index contributed by atoms with van der Waals surface area (Å²) >= 11 is 2.30. The third-order valence-electron chi connectivity index (χ3n) is 3.69. The molecule has 22 heavy (non-hydrogen) atoms. The number of nitrogens with zero attached hydrogens (tertiary/aromatic N) is 3. The fraction of sp³-hybridized carbons (Fsp3) is 0.0588. The van der Waals surface area contributed by atoms with Gasteiger partial charge in [0.1, 0.15) is 11.6 Å². The van der Waals surface area contributed by atoms with E-state index in [9.17, 15) is 4.39 Å². The van der Waals surface area contributed by atoms with Gasteiger partial charge in [0.15, 0.2) is 0 Å². The fourth-order valence-corrected chi connectivity index (χ4v) is 3.00. The summed E-state index contributed by atoms with van der Waals surface area (Å²) in [5, 5.41) is 2.89. The van der Waals surface area contributed by atoms with Crippen molar-refractivity contribution in [2.24, 2.45) is 0 Å². The monoisotopic (exact) mass is 403 g/mol. The number of fused-ring (bicyclic) bond motifs is 2. The fourth-order valence-electron chi connectivity index (χ4n) is 2.58. The first-order chi connectivity index (χ1) is 10.7. The molecule has 4 aromatic rings. The molecule has 0 fully saturated rings. The molecule has 0 N–H and O–H groups in total. The van der Waals surface area contributed by atoms with E-state index in [1.165, 1.54) is 12.1 Å². The lowest BCUT2D eigenvalue weighted by atomic mass is 10.2. The Kier molecular flexibility index (Phi) is 3.29. The Balaban J connectivity index is 1.91. The Bertz CT molecular complexity index is 994. The van der Waals surface area contributed by atoms with Gasteiger partial charge < -0.3 is 0 Å². The van der Waals surface area contributed by atoms with Crippen LogP contribution >= 0.6 is 22.6 Å². The van der Waals surface area contributed by atoms with Gasteiger partial charge in [-0.1, -0.05) is 22.6 Å². The SMILES string of the molecule is Fc1ccc2cnc(-n3ccc4cc(CI)ncc43)cc2c1. The van der Waals surface area contributed by atoms with Crippen molar-refractivity contribution in [3.63, 3.8) is 0 Å². The van der Waals surface area contributed by atoms with Crippen LogP contribution in [0.2, 0.25) is 0 Å². The summed E-state index contributed by atoms with van der Waals surface area (Å²) in [5.74, 6) is 0.521. The van der Waals surface area contributed by atoms with E-state index in [1.54, 1.807) is 12.3 Å². The zero-order chi connectivity index (χ0) is 15.1. The van der Waals surface area contributed by atoms with Crippen LogP contribution in [0.4, 0.5) is 4.39 Å². The summed E-state index contributed by atoms with van der Waals surface area (Å²) in [7, 11) is 0. The molecule has 0 saturated heterocycles. The zero-order valence-electron chi connectivity index (χ0n) is 11.5. The summed E-state index contributed by atoms with van der Waals surface area (Å²) in [6.45, 7) is 0. The molecule has 0 radical (unpaired) electrons. The Labute approximate surface area is 140 Å². The van der Waals surface area contributed by atoms with Gasteiger partial charge in [-0.3, -0.25) is 9.55 Å². The van der Waals surface area contributed by atoms with Gasteiger partial charge in [0.05, 0.1) is 17.4 Å². The van der Waals surface area contributed by atoms with E-state index in [4.69, 9.17) is 0 Å². The Hall–Kier alpha value is -2.02. The van der Waals surface area contributed by atoms with Crippen LogP contribution in [-0.4, -0.2) is 14.5 Å². The molecule has 0 amide bonds. The summed E-state index contributed by atoms with van der Waals surface area (Å²) in [6, 6.07) is 10.7. The number of alkyl halides is 1. The molecule has 0 aliphatic rings. The summed E-state index contributed by atoms with van der Waals surface area (Å²) < 4.78 is 16.3. The minimum atomic E-state index is -0.240. The molecule has 0 unspecified atom stereocenters. The molecular formula is C17H11FIN3. The molecule has 5 heteroatoms. The van der Waals surface area contributed by atoms with Gasteiger partial charge >= 0.3 is 0 Å². The topological polar surface area (TPSA) is 30.7 Å². The number of pyridine rings is 2. The molecule has 3 nitrogen and oxygen atoms in total. The first-order valence-corrected chi connectivity index (χ1v) is 8.35. The predicted octanol–water partition coefficient (Wildman–Crippen LogP) is 4.65. The lowest BCUT2D eigenvalue weighted by Gasteiger charge is -2.06. The van der Waals surface area contributed by atoms with Crippen LogP contribution in [0.5, 0.6) is 0 Å². The van der Waals surface area contributed by atoms with Crippen molar-refractivity contribution in [3.8, 4) is 5.82 Å². The highest BCUT2D eigenvalue weighted by Crippen LogP contribution is 2.23. The van der Waals surface area contributed by atoms with E-state index >= 15 is 0 Å². The van der Waals surface area contributed by atoms with Gasteiger partial charge in [-0.25, -0.2) is 9.37 Å². The van der Waals surface area contributed by atoms with Crippen LogP contribution in [0.15, 0.2) is 55.0 Å². The molecular weight excluding hydrogens is 392 g/mol. The second-order valence-corrected chi connectivity index (χ2v) is 5.85. The van der Waals surface area contributed by atoms with Gasteiger partial charge in [-0.2, -0.15) is 0 Å². The zero-order valence-corrected chi connectivity index (χ0v) is 13.7. The van der Waals surface area contributed by atoms with Crippen molar-refractivity contribution in [3.05, 3.63) is 66.5 Å². The maximum Gasteiger partial charge on any atom is 0.137 e. The van der Waals surface area contributed by atoms with Gasteiger partial charge in [0.25, 0.3) is 0 Å². The molecule has 0 aliphatic heterocycles. The molecule has 3 aromatic heterocycles. The molecule has 4 rings (SSSR count). The summed E-state index contributed by atoms with van der Waals surface area (Å²) in [4.78, 5) is 8.93. The molecule has 1 aromatic carbocycles. The van der Waals surface area contributed by atoms with Crippen LogP contribution in [0, 0.1) is 5.82 Å². The lowest BCUT2D eigenvalue weighted by molar-refractivity contribution is 0.629. The average molecular weight is 403 g/mol. The van der Waals surface area contributed by atoms with Crippen LogP contribution in [0.3, 0.4) is 0 Å². The van der Waals surface area contributed by atoms with E-state index < -0.39 is 0 Å². The van der Waals surface area contributed by atoms with E-state index in [-0.39, 0.29) is 5.82 Å². The number of aromatic nitrogens is 3. The number of benzene rings is 1. The van der Waals surface area contributed by atoms with Crippen LogP contribution < -0.4 is 0 Å². The second kappa shape index (κ2) is 5.31. The normalized spacial score (nSPS) is 11.4. The molecule has 0 aliphatic carbocycles. The molecule has 0 bridgehead atoms. The summed E-state index contributed by atoms with van der Waals surface area (Å²) in [6.07, 6.45) is 5.60. The molecule has 108 valence electrons. The van der Waals surface area contributed by atoms with Gasteiger partial charge in [-0.05, 0) is 41.8 Å².